The molecule has 0 aliphatic carbocycles. The van der Waals surface area contributed by atoms with Crippen molar-refractivity contribution in [2.75, 3.05) is 7.11 Å². The van der Waals surface area contributed by atoms with Gasteiger partial charge in [0, 0.05) is 0 Å². The third kappa shape index (κ3) is 12.7. The van der Waals surface area contributed by atoms with Gasteiger partial charge in [-0.1, -0.05) is 104 Å². The van der Waals surface area contributed by atoms with Crippen molar-refractivity contribution in [2.45, 2.75) is 98.3 Å². The van der Waals surface area contributed by atoms with Gasteiger partial charge in [0.05, 0.1) is 15.2 Å². The topological polar surface area (TPSA) is 9.23 Å². The normalized spacial score (nSPS) is 12.0. The summed E-state index contributed by atoms with van der Waals surface area (Å²) in [4.78, 5) is 0. The SMILES string of the molecule is CC[Si](CC)(c1cc(C)cc(C(C)(C)C)c1OC)[c-]1cccc1.[CH2-][Si](C)(C)C.[CH2-][Si](C)(C)C.[Sc+3]. The van der Waals surface area contributed by atoms with Gasteiger partial charge in [-0.2, -0.15) is 17.3 Å². The van der Waals surface area contributed by atoms with Crippen LogP contribution in [0.15, 0.2) is 36.4 Å². The van der Waals surface area contributed by atoms with Crippen molar-refractivity contribution in [2.24, 2.45) is 0 Å². The molecule has 0 aliphatic rings. The number of methoxy groups -OCH3 is 1. The van der Waals surface area contributed by atoms with Gasteiger partial charge in [0.2, 0.25) is 0 Å². The summed E-state index contributed by atoms with van der Waals surface area (Å²) in [5, 5.41) is 3.01. The van der Waals surface area contributed by atoms with Crippen molar-refractivity contribution in [1.82, 2.24) is 0 Å². The van der Waals surface area contributed by atoms with Crippen LogP contribution >= 0.6 is 0 Å². The van der Waals surface area contributed by atoms with Crippen LogP contribution in [-0.2, 0) is 31.3 Å². The molecule has 0 spiro atoms. The van der Waals surface area contributed by atoms with Crippen LogP contribution in [0.4, 0.5) is 0 Å². The van der Waals surface area contributed by atoms with Crippen LogP contribution < -0.4 is 15.1 Å². The maximum absolute atomic E-state index is 6.00. The standard InChI is InChI=1S/C21H31OSi.2C4H11Si.Sc/c1-8-23(9-2,17-12-10-11-13-17)19-15-16(3)14-18(20(19)22-7)21(4,5)6;2*1-5(2,3)4;/h10-15H,8-9H2,1-7H3;2*1H2,2-4H3;/q3*-1;+3. The largest absolute Gasteiger partial charge is 3.00 e. The fourth-order valence-electron chi connectivity index (χ4n) is 3.79. The van der Waals surface area contributed by atoms with E-state index in [1.54, 1.807) is 0 Å². The molecular weight excluding hydrogens is 494 g/mol. The summed E-state index contributed by atoms with van der Waals surface area (Å²) in [5.74, 6) is 1.12. The number of hydrogen-bond donors (Lipinski definition) is 0. The Bertz CT molecular complexity index is 795. The van der Waals surface area contributed by atoms with Crippen molar-refractivity contribution in [3.05, 3.63) is 60.6 Å². The number of aryl methyl sites for hydroxylation is 1. The minimum atomic E-state index is -1.78. The van der Waals surface area contributed by atoms with E-state index in [0.717, 1.165) is 5.75 Å². The van der Waals surface area contributed by atoms with E-state index in [2.05, 4.69) is 130 Å². The van der Waals surface area contributed by atoms with Gasteiger partial charge in [0.1, 0.15) is 5.75 Å². The minimum absolute atomic E-state index is 0. The van der Waals surface area contributed by atoms with E-state index in [9.17, 15) is 0 Å². The molecule has 5 heteroatoms. The fraction of sp³-hybridized carbons (Fsp3) is 0.552. The summed E-state index contributed by atoms with van der Waals surface area (Å²) >= 11 is 0. The summed E-state index contributed by atoms with van der Waals surface area (Å²) in [5.41, 5.74) is 2.76. The van der Waals surface area contributed by atoms with Crippen LogP contribution in [0.25, 0.3) is 0 Å². The Morgan fingerprint density at radius 1 is 0.853 bits per heavy atom. The van der Waals surface area contributed by atoms with E-state index < -0.39 is 24.2 Å². The molecule has 0 unspecified atom stereocenters. The van der Waals surface area contributed by atoms with Gasteiger partial charge in [-0.25, -0.2) is 12.1 Å². The van der Waals surface area contributed by atoms with Crippen molar-refractivity contribution >= 4 is 34.6 Å². The zero-order valence-electron chi connectivity index (χ0n) is 24.8. The third-order valence-corrected chi connectivity index (χ3v) is 10.4. The van der Waals surface area contributed by atoms with Crippen LogP contribution in [0.1, 0.15) is 45.7 Å². The Labute approximate surface area is 235 Å². The molecule has 0 heterocycles. The number of ether oxygens (including phenoxy) is 1. The van der Waals surface area contributed by atoms with Gasteiger partial charge in [-0.05, 0) is 23.1 Å². The molecule has 2 rings (SSSR count). The first-order valence-corrected chi connectivity index (χ1v) is 22.3. The summed E-state index contributed by atoms with van der Waals surface area (Å²) in [6, 6.07) is 16.1. The zero-order chi connectivity index (χ0) is 26.3. The monoisotopic (exact) mass is 546 g/mol. The van der Waals surface area contributed by atoms with Gasteiger partial charge >= 0.3 is 25.8 Å². The quantitative estimate of drug-likeness (QED) is 0.273. The Hall–Kier alpha value is -0.109. The summed E-state index contributed by atoms with van der Waals surface area (Å²) < 4.78 is 6.00. The molecular formula is C29H53OScSi3. The molecule has 1 nitrogen and oxygen atoms in total. The predicted molar refractivity (Wildman–Crippen MR) is 162 cm³/mol. The first-order valence-electron chi connectivity index (χ1n) is 12.4. The summed E-state index contributed by atoms with van der Waals surface area (Å²) in [6.07, 6.45) is 0. The molecule has 0 saturated heterocycles. The molecule has 0 N–H and O–H groups in total. The van der Waals surface area contributed by atoms with Gasteiger partial charge in [-0.15, -0.1) is 16.1 Å². The maximum Gasteiger partial charge on any atom is 3.00 e. The first kappa shape index (κ1) is 36.0. The minimum Gasteiger partial charge on any atom is -0.497 e. The van der Waals surface area contributed by atoms with Crippen LogP contribution in [0.2, 0.25) is 51.4 Å². The molecule has 0 amide bonds. The van der Waals surface area contributed by atoms with Crippen molar-refractivity contribution in [3.8, 4) is 5.75 Å². The summed E-state index contributed by atoms with van der Waals surface area (Å²) in [6.45, 7) is 34.9. The fourth-order valence-corrected chi connectivity index (χ4v) is 8.19. The Morgan fingerprint density at radius 2 is 1.24 bits per heavy atom. The van der Waals surface area contributed by atoms with E-state index in [0.29, 0.717) is 0 Å². The van der Waals surface area contributed by atoms with E-state index >= 15 is 0 Å². The molecule has 0 bridgehead atoms. The third-order valence-electron chi connectivity index (χ3n) is 5.18. The number of rotatable bonds is 5. The molecule has 0 fully saturated rings. The molecule has 0 aromatic heterocycles. The van der Waals surface area contributed by atoms with Crippen LogP contribution in [0.5, 0.6) is 5.75 Å². The predicted octanol–water partition coefficient (Wildman–Crippen LogP) is 8.02. The van der Waals surface area contributed by atoms with E-state index in [1.807, 2.05) is 7.11 Å². The molecule has 2 aromatic rings. The average Bonchev–Trinajstić information content (AvgIpc) is 3.14. The summed E-state index contributed by atoms with van der Waals surface area (Å²) in [7, 11) is -1.67. The van der Waals surface area contributed by atoms with Crippen LogP contribution in [-0.4, -0.2) is 31.3 Å². The molecule has 190 valence electrons. The Balaban J connectivity index is 0. The maximum atomic E-state index is 6.00. The molecule has 0 saturated carbocycles. The van der Waals surface area contributed by atoms with Crippen molar-refractivity contribution < 1.29 is 30.6 Å². The van der Waals surface area contributed by atoms with E-state index in [1.165, 1.54) is 33.6 Å². The van der Waals surface area contributed by atoms with Gasteiger partial charge in [0.25, 0.3) is 0 Å². The first-order chi connectivity index (χ1) is 14.8. The molecule has 0 atom stereocenters. The van der Waals surface area contributed by atoms with Gasteiger partial charge in [-0.3, -0.25) is 0 Å². The van der Waals surface area contributed by atoms with Crippen LogP contribution in [0.3, 0.4) is 0 Å². The molecule has 2 aromatic carbocycles. The van der Waals surface area contributed by atoms with Crippen LogP contribution in [0, 0.1) is 20.0 Å². The average molecular weight is 547 g/mol. The second kappa shape index (κ2) is 14.6. The van der Waals surface area contributed by atoms with Crippen molar-refractivity contribution in [3.63, 3.8) is 0 Å². The molecule has 0 aliphatic heterocycles. The second-order valence-corrected chi connectivity index (χ2v) is 27.7. The van der Waals surface area contributed by atoms with E-state index in [4.69, 9.17) is 4.74 Å². The zero-order valence-corrected chi connectivity index (χ0v) is 29.6. The van der Waals surface area contributed by atoms with Gasteiger partial charge < -0.3 is 17.8 Å². The van der Waals surface area contributed by atoms with Gasteiger partial charge in [0.15, 0.2) is 0 Å². The number of benzene rings is 1. The number of hydrogen-bond acceptors (Lipinski definition) is 1. The molecule has 34 heavy (non-hydrogen) atoms. The second-order valence-electron chi connectivity index (χ2n) is 12.7. The van der Waals surface area contributed by atoms with Crippen molar-refractivity contribution in [1.29, 1.82) is 0 Å². The van der Waals surface area contributed by atoms with E-state index in [-0.39, 0.29) is 31.3 Å². The molecule has 0 radical (unpaired) electrons. The smallest absolute Gasteiger partial charge is 0.497 e. The Kier molecular flexibility index (Phi) is 15.5. The Morgan fingerprint density at radius 3 is 1.53 bits per heavy atom.